The molecule has 0 spiro atoms. The summed E-state index contributed by atoms with van der Waals surface area (Å²) in [4.78, 5) is 42.5. The van der Waals surface area contributed by atoms with Crippen molar-refractivity contribution in [1.29, 1.82) is 0 Å². The van der Waals surface area contributed by atoms with Crippen LogP contribution in [0.1, 0.15) is 64.6 Å². The molecule has 0 aliphatic carbocycles. The zero-order valence-corrected chi connectivity index (χ0v) is 29.7. The third-order valence-corrected chi connectivity index (χ3v) is 11.7. The Morgan fingerprint density at radius 1 is 1.09 bits per heavy atom. The molecule has 12 heteroatoms. The van der Waals surface area contributed by atoms with Crippen LogP contribution in [0.3, 0.4) is 0 Å². The topological polar surface area (TPSA) is 79.7 Å². The summed E-state index contributed by atoms with van der Waals surface area (Å²) in [5, 5.41) is 10.7. The first-order valence-electron chi connectivity index (χ1n) is 16.3. The third-order valence-electron chi connectivity index (χ3n) is 10.1. The molecule has 2 saturated heterocycles. The summed E-state index contributed by atoms with van der Waals surface area (Å²) >= 11 is 13.7. The number of aliphatic hydroxyl groups is 1. The van der Waals surface area contributed by atoms with Crippen LogP contribution in [0.15, 0.2) is 58.1 Å². The van der Waals surface area contributed by atoms with E-state index >= 15 is 4.39 Å². The minimum absolute atomic E-state index is 0.0180. The second-order valence-electron chi connectivity index (χ2n) is 13.5. The van der Waals surface area contributed by atoms with Gasteiger partial charge in [-0.3, -0.25) is 14.5 Å². The number of thioether (sulfide) groups is 1. The van der Waals surface area contributed by atoms with Gasteiger partial charge in [0.2, 0.25) is 5.91 Å². The van der Waals surface area contributed by atoms with Crippen LogP contribution in [-0.4, -0.2) is 92.6 Å². The second-order valence-corrected chi connectivity index (χ2v) is 15.3. The number of hydrogen-bond donors (Lipinski definition) is 1. The van der Waals surface area contributed by atoms with Crippen molar-refractivity contribution < 1.29 is 19.1 Å². The standard InChI is InChI=1S/C35H42Cl2FN5O3S/c1-20(2)29-30(33(46)42-21(3)6-13-28(42)32(45)41-15-14-40(16-17-44)22(4)19-41)47-34-39-35(5,24-8-10-25(36)11-9-24)31(43(29)34)23-7-12-26(37)27(38)18-23/h7-12,18,20-22,28,31,44H,6,13-17,19H2,1-5H3/t21-,22-,28+,31-,35+/m1/s1. The fraction of sp³-hybridized carbons (Fsp3) is 0.514. The Labute approximate surface area is 290 Å². The Bertz CT molecular complexity index is 1620. The van der Waals surface area contributed by atoms with E-state index in [1.54, 1.807) is 11.0 Å². The summed E-state index contributed by atoms with van der Waals surface area (Å²) in [6.45, 7) is 12.7. The lowest BCUT2D eigenvalue weighted by atomic mass is 9.81. The number of aliphatic imine (C=N–C) groups is 1. The van der Waals surface area contributed by atoms with Gasteiger partial charge in [0.05, 0.1) is 17.7 Å². The van der Waals surface area contributed by atoms with Gasteiger partial charge in [-0.05, 0) is 86.7 Å². The van der Waals surface area contributed by atoms with Crippen LogP contribution < -0.4 is 0 Å². The molecule has 252 valence electrons. The highest BCUT2D eigenvalue weighted by Gasteiger charge is 2.54. The maximum Gasteiger partial charge on any atom is 0.263 e. The lowest BCUT2D eigenvalue weighted by Crippen LogP contribution is -2.58. The molecular weight excluding hydrogens is 660 g/mol. The molecule has 6 rings (SSSR count). The predicted molar refractivity (Wildman–Crippen MR) is 186 cm³/mol. The SMILES string of the molecule is CC(C)C1=C(C(=O)N2[C@H](C)CC[C@H]2C(=O)N2CCN(CCO)[C@H](C)C2)SC2=N[C@@](C)(c3ccc(Cl)cc3)[C@@H](c3ccc(Cl)c(F)c3)N21. The Hall–Kier alpha value is -2.63. The van der Waals surface area contributed by atoms with Crippen LogP contribution >= 0.6 is 35.0 Å². The summed E-state index contributed by atoms with van der Waals surface area (Å²) in [6, 6.07) is 11.4. The van der Waals surface area contributed by atoms with E-state index in [0.29, 0.717) is 53.3 Å². The molecular formula is C35H42Cl2FN5O3S. The van der Waals surface area contributed by atoms with Crippen LogP contribution in [0, 0.1) is 11.7 Å². The number of fused-ring (bicyclic) bond motifs is 1. The minimum atomic E-state index is -0.823. The number of rotatable bonds is 7. The minimum Gasteiger partial charge on any atom is -0.395 e. The molecule has 5 atom stereocenters. The summed E-state index contributed by atoms with van der Waals surface area (Å²) in [5.41, 5.74) is 1.59. The van der Waals surface area contributed by atoms with Crippen LogP contribution in [0.5, 0.6) is 0 Å². The predicted octanol–water partition coefficient (Wildman–Crippen LogP) is 6.28. The fourth-order valence-corrected chi connectivity index (χ4v) is 9.25. The second kappa shape index (κ2) is 13.3. The van der Waals surface area contributed by atoms with Crippen molar-refractivity contribution in [2.75, 3.05) is 32.8 Å². The van der Waals surface area contributed by atoms with Crippen molar-refractivity contribution in [2.24, 2.45) is 10.9 Å². The van der Waals surface area contributed by atoms with Crippen LogP contribution in [-0.2, 0) is 15.1 Å². The van der Waals surface area contributed by atoms with Gasteiger partial charge in [0.25, 0.3) is 5.91 Å². The number of carbonyl (C=O) groups excluding carboxylic acids is 2. The monoisotopic (exact) mass is 701 g/mol. The molecule has 0 saturated carbocycles. The summed E-state index contributed by atoms with van der Waals surface area (Å²) in [6.07, 6.45) is 1.35. The van der Waals surface area contributed by atoms with Gasteiger partial charge < -0.3 is 19.8 Å². The van der Waals surface area contributed by atoms with Crippen molar-refractivity contribution in [3.63, 3.8) is 0 Å². The highest BCUT2D eigenvalue weighted by Crippen LogP contribution is 2.56. The summed E-state index contributed by atoms with van der Waals surface area (Å²) in [7, 11) is 0. The lowest BCUT2D eigenvalue weighted by Gasteiger charge is -2.41. The first kappa shape index (κ1) is 34.2. The number of benzene rings is 2. The molecule has 4 aliphatic heterocycles. The number of piperazine rings is 1. The molecule has 0 bridgehead atoms. The van der Waals surface area contributed by atoms with E-state index in [1.807, 2.05) is 62.9 Å². The van der Waals surface area contributed by atoms with Gasteiger partial charge in [0.15, 0.2) is 5.17 Å². The van der Waals surface area contributed by atoms with E-state index in [0.717, 1.165) is 17.7 Å². The van der Waals surface area contributed by atoms with Gasteiger partial charge in [-0.15, -0.1) is 0 Å². The molecule has 0 radical (unpaired) electrons. The normalized spacial score (nSPS) is 28.0. The van der Waals surface area contributed by atoms with Gasteiger partial charge in [-0.25, -0.2) is 9.38 Å². The van der Waals surface area contributed by atoms with E-state index in [9.17, 15) is 14.7 Å². The van der Waals surface area contributed by atoms with Gasteiger partial charge in [0, 0.05) is 49.0 Å². The van der Waals surface area contributed by atoms with Gasteiger partial charge in [0.1, 0.15) is 22.3 Å². The number of likely N-dealkylation sites (tertiary alicyclic amines) is 1. The number of hydrogen-bond acceptors (Lipinski definition) is 7. The molecule has 2 fully saturated rings. The zero-order chi connectivity index (χ0) is 33.8. The molecule has 0 unspecified atom stereocenters. The molecule has 4 aliphatic rings. The van der Waals surface area contributed by atoms with E-state index in [-0.39, 0.29) is 41.4 Å². The number of allylic oxidation sites excluding steroid dienone is 1. The average molecular weight is 703 g/mol. The number of nitrogens with zero attached hydrogens (tertiary/aromatic N) is 5. The lowest BCUT2D eigenvalue weighted by molar-refractivity contribution is -0.145. The molecule has 8 nitrogen and oxygen atoms in total. The Kier molecular flexibility index (Phi) is 9.73. The summed E-state index contributed by atoms with van der Waals surface area (Å²) in [5.74, 6) is -0.780. The first-order valence-corrected chi connectivity index (χ1v) is 17.9. The Balaban J connectivity index is 1.36. The highest BCUT2D eigenvalue weighted by atomic mass is 35.5. The zero-order valence-electron chi connectivity index (χ0n) is 27.4. The molecule has 2 aromatic rings. The van der Waals surface area contributed by atoms with Gasteiger partial charge in [-0.1, -0.05) is 55.2 Å². The van der Waals surface area contributed by atoms with Crippen molar-refractivity contribution in [2.45, 2.75) is 77.2 Å². The van der Waals surface area contributed by atoms with Crippen LogP contribution in [0.2, 0.25) is 10.0 Å². The van der Waals surface area contributed by atoms with Crippen LogP contribution in [0.25, 0.3) is 0 Å². The quantitative estimate of drug-likeness (QED) is 0.366. The van der Waals surface area contributed by atoms with Crippen LogP contribution in [0.4, 0.5) is 4.39 Å². The van der Waals surface area contributed by atoms with Gasteiger partial charge >= 0.3 is 0 Å². The number of amidine groups is 1. The molecule has 0 aromatic heterocycles. The number of amides is 2. The Morgan fingerprint density at radius 2 is 1.81 bits per heavy atom. The molecule has 47 heavy (non-hydrogen) atoms. The van der Waals surface area contributed by atoms with Crippen molar-refractivity contribution in [3.8, 4) is 0 Å². The van der Waals surface area contributed by atoms with E-state index in [4.69, 9.17) is 28.2 Å². The number of aliphatic hydroxyl groups excluding tert-OH is 1. The average Bonchev–Trinajstić information content (AvgIpc) is 3.68. The van der Waals surface area contributed by atoms with Crippen molar-refractivity contribution in [1.82, 2.24) is 19.6 Å². The highest BCUT2D eigenvalue weighted by molar-refractivity contribution is 8.18. The number of β-amino-alcohol motifs (C(OH)–C–C–N with tert-alkyl or cyclic N) is 1. The molecule has 2 aromatic carbocycles. The maximum absolute atomic E-state index is 15.0. The molecule has 1 N–H and O–H groups in total. The van der Waals surface area contributed by atoms with E-state index in [1.165, 1.54) is 17.8 Å². The molecule has 4 heterocycles. The van der Waals surface area contributed by atoms with E-state index in [2.05, 4.69) is 16.7 Å². The summed E-state index contributed by atoms with van der Waals surface area (Å²) < 4.78 is 15.0. The number of halogens is 3. The first-order chi connectivity index (χ1) is 22.3. The van der Waals surface area contributed by atoms with Crippen molar-refractivity contribution in [3.05, 3.63) is 80.1 Å². The largest absolute Gasteiger partial charge is 0.395 e. The van der Waals surface area contributed by atoms with Gasteiger partial charge in [-0.2, -0.15) is 0 Å². The van der Waals surface area contributed by atoms with Crippen molar-refractivity contribution >= 4 is 51.9 Å². The Morgan fingerprint density at radius 3 is 2.45 bits per heavy atom. The maximum atomic E-state index is 15.0. The number of carbonyl (C=O) groups is 2. The molecule has 2 amide bonds. The third kappa shape index (κ3) is 6.09. The van der Waals surface area contributed by atoms with E-state index < -0.39 is 23.4 Å². The smallest absolute Gasteiger partial charge is 0.263 e. The fourth-order valence-electron chi connectivity index (χ4n) is 7.65.